The van der Waals surface area contributed by atoms with E-state index in [9.17, 15) is 13.2 Å². The molecule has 1 unspecified atom stereocenters. The van der Waals surface area contributed by atoms with E-state index in [0.717, 1.165) is 24.0 Å². The molecule has 6 nitrogen and oxygen atoms in total. The number of nitrogens with one attached hydrogen (secondary N) is 1. The van der Waals surface area contributed by atoms with Crippen LogP contribution in [0.25, 0.3) is 0 Å². The van der Waals surface area contributed by atoms with Crippen molar-refractivity contribution in [2.75, 3.05) is 18.5 Å². The Bertz CT molecular complexity index is 649. The van der Waals surface area contributed by atoms with Gasteiger partial charge in [0.2, 0.25) is 15.9 Å². The summed E-state index contributed by atoms with van der Waals surface area (Å²) in [5.74, 6) is -0.347. The van der Waals surface area contributed by atoms with Crippen LogP contribution in [0.15, 0.2) is 17.0 Å². The molecule has 21 heavy (non-hydrogen) atoms. The Kier molecular flexibility index (Phi) is 4.65. The average molecular weight is 312 g/mol. The van der Waals surface area contributed by atoms with E-state index in [0.29, 0.717) is 18.9 Å². The van der Waals surface area contributed by atoms with Gasteiger partial charge in [0.1, 0.15) is 0 Å². The monoisotopic (exact) mass is 312 g/mol. The van der Waals surface area contributed by atoms with Gasteiger partial charge in [-0.1, -0.05) is 0 Å². The maximum atomic E-state index is 12.2. The number of anilines is 1. The van der Waals surface area contributed by atoms with Crippen LogP contribution in [0.4, 0.5) is 5.69 Å². The lowest BCUT2D eigenvalue weighted by molar-refractivity contribution is -0.123. The summed E-state index contributed by atoms with van der Waals surface area (Å²) in [6.45, 7) is 4.69. The van der Waals surface area contributed by atoms with Crippen molar-refractivity contribution in [3.8, 4) is 0 Å². The molecule has 1 aliphatic heterocycles. The predicted octanol–water partition coefficient (Wildman–Crippen LogP) is 1.32. The van der Waals surface area contributed by atoms with Gasteiger partial charge in [0.25, 0.3) is 0 Å². The number of aryl methyl sites for hydroxylation is 1. The number of carbonyl (C=O) groups is 1. The van der Waals surface area contributed by atoms with Gasteiger partial charge in [0.05, 0.1) is 17.4 Å². The molecule has 2 rings (SSSR count). The van der Waals surface area contributed by atoms with E-state index in [4.69, 9.17) is 9.88 Å². The number of carbonyl (C=O) groups excluding carboxylic acids is 1. The Balaban J connectivity index is 2.26. The highest BCUT2D eigenvalue weighted by Gasteiger charge is 2.23. The molecule has 116 valence electrons. The predicted molar refractivity (Wildman–Crippen MR) is 79.5 cm³/mol. The van der Waals surface area contributed by atoms with Crippen LogP contribution in [0.5, 0.6) is 0 Å². The molecule has 1 fully saturated rings. The molecule has 1 amide bonds. The summed E-state index contributed by atoms with van der Waals surface area (Å²) in [5, 5.41) is 7.95. The Labute approximate surface area is 124 Å². The third-order valence-corrected chi connectivity index (χ3v) is 4.65. The Hall–Kier alpha value is -1.44. The van der Waals surface area contributed by atoms with Crippen LogP contribution in [-0.2, 0) is 19.6 Å². The van der Waals surface area contributed by atoms with Gasteiger partial charge in [-0.15, -0.1) is 0 Å². The van der Waals surface area contributed by atoms with Crippen molar-refractivity contribution >= 4 is 21.6 Å². The second kappa shape index (κ2) is 6.13. The number of sulfonamides is 1. The normalized spacial score (nSPS) is 19.3. The van der Waals surface area contributed by atoms with E-state index in [1.54, 1.807) is 6.92 Å². The van der Waals surface area contributed by atoms with Gasteiger partial charge in [-0.2, -0.15) is 0 Å². The molecule has 1 saturated heterocycles. The van der Waals surface area contributed by atoms with Crippen LogP contribution in [0, 0.1) is 19.8 Å². The molecule has 0 spiro atoms. The summed E-state index contributed by atoms with van der Waals surface area (Å²) in [6.07, 6.45) is 1.63. The van der Waals surface area contributed by atoms with E-state index in [1.807, 2.05) is 6.92 Å². The van der Waals surface area contributed by atoms with Crippen molar-refractivity contribution in [2.24, 2.45) is 11.1 Å². The summed E-state index contributed by atoms with van der Waals surface area (Å²) in [4.78, 5) is 12.2. The van der Waals surface area contributed by atoms with Crippen molar-refractivity contribution < 1.29 is 17.9 Å². The van der Waals surface area contributed by atoms with Gasteiger partial charge < -0.3 is 10.1 Å². The van der Waals surface area contributed by atoms with Gasteiger partial charge in [-0.3, -0.25) is 4.79 Å². The molecule has 3 N–H and O–H groups in total. The molecule has 0 saturated carbocycles. The molecule has 0 aliphatic carbocycles. The van der Waals surface area contributed by atoms with Gasteiger partial charge in [0, 0.05) is 12.3 Å². The molecule has 1 heterocycles. The molecule has 1 atom stereocenters. The van der Waals surface area contributed by atoms with Crippen LogP contribution in [-0.4, -0.2) is 27.5 Å². The standard InChI is InChI=1S/C14H20N2O4S/c1-9-6-12(21(15,18)19)7-13(10(9)2)16-14(17)11-4-3-5-20-8-11/h6-7,11H,3-5,8H2,1-2H3,(H,16,17)(H2,15,18,19). The smallest absolute Gasteiger partial charge is 0.238 e. The first-order valence-electron chi connectivity index (χ1n) is 6.81. The Morgan fingerprint density at radius 3 is 2.67 bits per heavy atom. The molecular formula is C14H20N2O4S. The SMILES string of the molecule is Cc1cc(S(N)(=O)=O)cc(NC(=O)C2CCCOC2)c1C. The Morgan fingerprint density at radius 2 is 2.10 bits per heavy atom. The number of rotatable bonds is 3. The maximum absolute atomic E-state index is 12.2. The molecule has 1 aromatic rings. The zero-order valence-electron chi connectivity index (χ0n) is 12.2. The summed E-state index contributed by atoms with van der Waals surface area (Å²) in [7, 11) is -3.80. The number of primary sulfonamides is 1. The van der Waals surface area contributed by atoms with Crippen molar-refractivity contribution in [1.29, 1.82) is 0 Å². The van der Waals surface area contributed by atoms with Crippen molar-refractivity contribution in [3.63, 3.8) is 0 Å². The number of benzene rings is 1. The van der Waals surface area contributed by atoms with Crippen molar-refractivity contribution in [1.82, 2.24) is 0 Å². The number of hydrogen-bond acceptors (Lipinski definition) is 4. The van der Waals surface area contributed by atoms with Crippen LogP contribution in [0.2, 0.25) is 0 Å². The van der Waals surface area contributed by atoms with Crippen molar-refractivity contribution in [2.45, 2.75) is 31.6 Å². The van der Waals surface area contributed by atoms with Gasteiger partial charge >= 0.3 is 0 Å². The minimum Gasteiger partial charge on any atom is -0.381 e. The summed E-state index contributed by atoms with van der Waals surface area (Å²) in [5.41, 5.74) is 2.07. The molecular weight excluding hydrogens is 292 g/mol. The number of nitrogens with two attached hydrogens (primary N) is 1. The number of amides is 1. The fraction of sp³-hybridized carbons (Fsp3) is 0.500. The first kappa shape index (κ1) is 15.9. The third kappa shape index (κ3) is 3.81. The molecule has 0 aromatic heterocycles. The fourth-order valence-corrected chi connectivity index (χ4v) is 2.93. The van der Waals surface area contributed by atoms with E-state index in [1.165, 1.54) is 12.1 Å². The maximum Gasteiger partial charge on any atom is 0.238 e. The molecule has 0 radical (unpaired) electrons. The van der Waals surface area contributed by atoms with Gasteiger partial charge in [0.15, 0.2) is 0 Å². The lowest BCUT2D eigenvalue weighted by Gasteiger charge is -2.22. The van der Waals surface area contributed by atoms with E-state index >= 15 is 0 Å². The molecule has 7 heteroatoms. The van der Waals surface area contributed by atoms with E-state index in [-0.39, 0.29) is 16.7 Å². The third-order valence-electron chi connectivity index (χ3n) is 3.76. The zero-order chi connectivity index (χ0) is 15.6. The lowest BCUT2D eigenvalue weighted by Crippen LogP contribution is -2.30. The second-order valence-corrected chi connectivity index (χ2v) is 6.92. The zero-order valence-corrected chi connectivity index (χ0v) is 13.0. The quantitative estimate of drug-likeness (QED) is 0.879. The van der Waals surface area contributed by atoms with Crippen molar-refractivity contribution in [3.05, 3.63) is 23.3 Å². The molecule has 1 aromatic carbocycles. The van der Waals surface area contributed by atoms with Crippen LogP contribution >= 0.6 is 0 Å². The summed E-state index contributed by atoms with van der Waals surface area (Å²) < 4.78 is 28.3. The Morgan fingerprint density at radius 1 is 1.38 bits per heavy atom. The van der Waals surface area contributed by atoms with E-state index in [2.05, 4.69) is 5.32 Å². The summed E-state index contributed by atoms with van der Waals surface area (Å²) >= 11 is 0. The average Bonchev–Trinajstić information content (AvgIpc) is 2.43. The van der Waals surface area contributed by atoms with Gasteiger partial charge in [-0.25, -0.2) is 13.6 Å². The minimum absolute atomic E-state index is 0.000735. The highest BCUT2D eigenvalue weighted by Crippen LogP contribution is 2.25. The molecule has 1 aliphatic rings. The lowest BCUT2D eigenvalue weighted by atomic mass is 10.0. The van der Waals surface area contributed by atoms with Crippen LogP contribution in [0.1, 0.15) is 24.0 Å². The van der Waals surface area contributed by atoms with Crippen LogP contribution in [0.3, 0.4) is 0 Å². The fourth-order valence-electron chi connectivity index (χ4n) is 2.30. The molecule has 0 bridgehead atoms. The van der Waals surface area contributed by atoms with E-state index < -0.39 is 10.0 Å². The highest BCUT2D eigenvalue weighted by atomic mass is 32.2. The van der Waals surface area contributed by atoms with Gasteiger partial charge in [-0.05, 0) is 49.9 Å². The largest absolute Gasteiger partial charge is 0.381 e. The number of ether oxygens (including phenoxy) is 1. The minimum atomic E-state index is -3.80. The topological polar surface area (TPSA) is 98.5 Å². The summed E-state index contributed by atoms with van der Waals surface area (Å²) in [6, 6.07) is 2.91. The number of hydrogen-bond donors (Lipinski definition) is 2. The van der Waals surface area contributed by atoms with Crippen LogP contribution < -0.4 is 10.5 Å². The highest BCUT2D eigenvalue weighted by molar-refractivity contribution is 7.89. The first-order valence-corrected chi connectivity index (χ1v) is 8.36. The first-order chi connectivity index (χ1) is 9.79. The second-order valence-electron chi connectivity index (χ2n) is 5.36.